The molecular weight excluding hydrogens is 465 g/mol. The molecule has 154 valence electrons. The summed E-state index contributed by atoms with van der Waals surface area (Å²) in [6, 6.07) is 9.25. The number of hydrogen-bond donors (Lipinski definition) is 3. The van der Waals surface area contributed by atoms with Crippen molar-refractivity contribution in [1.29, 1.82) is 0 Å². The maximum absolute atomic E-state index is 4.80. The quantitative estimate of drug-likeness (QED) is 0.325. The van der Waals surface area contributed by atoms with Crippen molar-refractivity contribution in [2.75, 3.05) is 19.6 Å². The summed E-state index contributed by atoms with van der Waals surface area (Å²) in [6.45, 7) is 12.6. The second-order valence-electron chi connectivity index (χ2n) is 7.51. The number of benzene rings is 1. The summed E-state index contributed by atoms with van der Waals surface area (Å²) in [5.41, 5.74) is 2.17. The monoisotopic (exact) mass is 497 g/mol. The fraction of sp³-hybridized carbons (Fsp3) is 0.550. The van der Waals surface area contributed by atoms with Crippen LogP contribution in [0.3, 0.4) is 0 Å². The minimum atomic E-state index is 0. The second kappa shape index (κ2) is 10.8. The first-order valence-corrected chi connectivity index (χ1v) is 9.80. The first-order chi connectivity index (χ1) is 13.1. The normalized spacial score (nSPS) is 20.2. The number of rotatable bonds is 6. The number of nitrogens with zero attached hydrogens (tertiary/aromatic N) is 4. The van der Waals surface area contributed by atoms with E-state index in [0.717, 1.165) is 42.5 Å². The Morgan fingerprint density at radius 3 is 2.82 bits per heavy atom. The second-order valence-corrected chi connectivity index (χ2v) is 7.51. The number of likely N-dealkylation sites (tertiary alicyclic amines) is 1. The highest BCUT2D eigenvalue weighted by molar-refractivity contribution is 14.0. The Morgan fingerprint density at radius 2 is 2.18 bits per heavy atom. The Morgan fingerprint density at radius 1 is 1.36 bits per heavy atom. The lowest BCUT2D eigenvalue weighted by molar-refractivity contribution is 0.265. The number of H-pyrrole nitrogens is 1. The summed E-state index contributed by atoms with van der Waals surface area (Å²) in [7, 11) is 0. The molecule has 28 heavy (non-hydrogen) atoms. The maximum Gasteiger partial charge on any atom is 0.191 e. The number of nitrogens with one attached hydrogen (secondary N) is 3. The molecule has 0 bridgehead atoms. The number of halogens is 1. The third kappa shape index (κ3) is 5.91. The number of hydrogen-bond acceptors (Lipinski definition) is 4. The van der Waals surface area contributed by atoms with Crippen molar-refractivity contribution in [2.24, 2.45) is 10.9 Å². The molecule has 1 aliphatic heterocycles. The van der Waals surface area contributed by atoms with Gasteiger partial charge in [0.25, 0.3) is 0 Å². The third-order valence-corrected chi connectivity index (χ3v) is 5.07. The fourth-order valence-electron chi connectivity index (χ4n) is 3.44. The van der Waals surface area contributed by atoms with Crippen LogP contribution in [-0.4, -0.2) is 57.8 Å². The summed E-state index contributed by atoms with van der Waals surface area (Å²) < 4.78 is 0. The van der Waals surface area contributed by atoms with Crippen LogP contribution in [0.4, 0.5) is 0 Å². The Labute approximate surface area is 184 Å². The molecule has 1 fully saturated rings. The molecule has 1 aliphatic rings. The van der Waals surface area contributed by atoms with Gasteiger partial charge in [-0.25, -0.2) is 9.98 Å². The summed E-state index contributed by atoms with van der Waals surface area (Å²) in [5.74, 6) is 2.26. The molecule has 0 saturated carbocycles. The van der Waals surface area contributed by atoms with Gasteiger partial charge in [-0.3, -0.25) is 10.00 Å². The van der Waals surface area contributed by atoms with Crippen LogP contribution in [0.2, 0.25) is 0 Å². The lowest BCUT2D eigenvalue weighted by Gasteiger charge is -2.22. The zero-order chi connectivity index (χ0) is 19.2. The van der Waals surface area contributed by atoms with Gasteiger partial charge in [0.1, 0.15) is 6.33 Å². The van der Waals surface area contributed by atoms with Gasteiger partial charge in [0, 0.05) is 37.3 Å². The first-order valence-electron chi connectivity index (χ1n) is 9.80. The molecule has 2 heterocycles. The highest BCUT2D eigenvalue weighted by atomic mass is 127. The molecule has 1 aromatic carbocycles. The average Bonchev–Trinajstić information content (AvgIpc) is 3.31. The fourth-order valence-corrected chi connectivity index (χ4v) is 3.44. The van der Waals surface area contributed by atoms with E-state index in [1.54, 1.807) is 0 Å². The molecule has 2 unspecified atom stereocenters. The van der Waals surface area contributed by atoms with Crippen molar-refractivity contribution >= 4 is 29.9 Å². The molecule has 0 radical (unpaired) electrons. The van der Waals surface area contributed by atoms with Crippen molar-refractivity contribution in [2.45, 2.75) is 46.3 Å². The molecule has 1 aromatic heterocycles. The molecule has 0 aliphatic carbocycles. The van der Waals surface area contributed by atoms with E-state index in [1.165, 1.54) is 6.33 Å². The van der Waals surface area contributed by atoms with Gasteiger partial charge in [0.05, 0.1) is 6.54 Å². The van der Waals surface area contributed by atoms with E-state index < -0.39 is 0 Å². The molecule has 0 spiro atoms. The lowest BCUT2D eigenvalue weighted by atomic mass is 10.1. The van der Waals surface area contributed by atoms with Gasteiger partial charge < -0.3 is 10.6 Å². The molecule has 8 heteroatoms. The van der Waals surface area contributed by atoms with Gasteiger partial charge in [-0.2, -0.15) is 5.10 Å². The maximum atomic E-state index is 4.80. The van der Waals surface area contributed by atoms with Crippen LogP contribution in [-0.2, 0) is 6.54 Å². The van der Waals surface area contributed by atoms with Gasteiger partial charge in [-0.15, -0.1) is 24.0 Å². The van der Waals surface area contributed by atoms with Gasteiger partial charge in [0.2, 0.25) is 0 Å². The molecule has 2 aromatic rings. The minimum absolute atomic E-state index is 0. The molecule has 2 atom stereocenters. The van der Waals surface area contributed by atoms with Crippen LogP contribution in [0.1, 0.15) is 33.3 Å². The van der Waals surface area contributed by atoms with Crippen molar-refractivity contribution in [3.8, 4) is 11.4 Å². The van der Waals surface area contributed by atoms with E-state index in [2.05, 4.69) is 70.5 Å². The number of aromatic amines is 1. The summed E-state index contributed by atoms with van der Waals surface area (Å²) >= 11 is 0. The van der Waals surface area contributed by atoms with Crippen LogP contribution < -0.4 is 10.6 Å². The van der Waals surface area contributed by atoms with Crippen LogP contribution >= 0.6 is 24.0 Å². The highest BCUT2D eigenvalue weighted by Crippen LogP contribution is 2.19. The molecular formula is C20H32IN7. The lowest BCUT2D eigenvalue weighted by Crippen LogP contribution is -2.46. The van der Waals surface area contributed by atoms with E-state index in [9.17, 15) is 0 Å². The van der Waals surface area contributed by atoms with E-state index in [0.29, 0.717) is 24.5 Å². The SMILES string of the molecule is CCNC(=NCc1cccc(-c2ncn[nH]2)c1)NC1CN(C(C)C)CC1C.I. The van der Waals surface area contributed by atoms with Crippen molar-refractivity contribution in [3.63, 3.8) is 0 Å². The predicted octanol–water partition coefficient (Wildman–Crippen LogP) is 2.87. The molecule has 0 amide bonds. The summed E-state index contributed by atoms with van der Waals surface area (Å²) in [5, 5.41) is 13.8. The minimum Gasteiger partial charge on any atom is -0.357 e. The standard InChI is InChI=1S/C20H31N7.HI/c1-5-21-20(25-18-12-27(14(2)3)11-15(18)4)22-10-16-7-6-8-17(9-16)19-23-13-24-26-19;/h6-9,13-15,18H,5,10-12H2,1-4H3,(H2,21,22,25)(H,23,24,26);1H. The van der Waals surface area contributed by atoms with Crippen molar-refractivity contribution in [1.82, 2.24) is 30.7 Å². The highest BCUT2D eigenvalue weighted by Gasteiger charge is 2.31. The van der Waals surface area contributed by atoms with Gasteiger partial charge in [0.15, 0.2) is 11.8 Å². The van der Waals surface area contributed by atoms with Gasteiger partial charge in [-0.1, -0.05) is 25.1 Å². The Balaban J connectivity index is 0.00000280. The van der Waals surface area contributed by atoms with E-state index in [4.69, 9.17) is 4.99 Å². The molecule has 3 N–H and O–H groups in total. The van der Waals surface area contributed by atoms with Crippen LogP contribution in [0.5, 0.6) is 0 Å². The zero-order valence-electron chi connectivity index (χ0n) is 17.1. The average molecular weight is 497 g/mol. The van der Waals surface area contributed by atoms with Gasteiger partial charge >= 0.3 is 0 Å². The third-order valence-electron chi connectivity index (χ3n) is 5.07. The van der Waals surface area contributed by atoms with E-state index >= 15 is 0 Å². The van der Waals surface area contributed by atoms with Crippen LogP contribution in [0, 0.1) is 5.92 Å². The van der Waals surface area contributed by atoms with E-state index in [-0.39, 0.29) is 24.0 Å². The molecule has 7 nitrogen and oxygen atoms in total. The first kappa shape index (κ1) is 22.6. The number of aliphatic imine (C=N–C) groups is 1. The Bertz CT molecular complexity index is 745. The largest absolute Gasteiger partial charge is 0.357 e. The topological polar surface area (TPSA) is 81.2 Å². The van der Waals surface area contributed by atoms with Crippen LogP contribution in [0.25, 0.3) is 11.4 Å². The Hall–Kier alpha value is -1.68. The summed E-state index contributed by atoms with van der Waals surface area (Å²) in [4.78, 5) is 11.5. The smallest absolute Gasteiger partial charge is 0.191 e. The molecule has 3 rings (SSSR count). The van der Waals surface area contributed by atoms with Gasteiger partial charge in [-0.05, 0) is 38.3 Å². The zero-order valence-corrected chi connectivity index (χ0v) is 19.5. The van der Waals surface area contributed by atoms with Crippen molar-refractivity contribution in [3.05, 3.63) is 36.2 Å². The number of guanidine groups is 1. The Kier molecular flexibility index (Phi) is 8.68. The van der Waals surface area contributed by atoms with Crippen LogP contribution in [0.15, 0.2) is 35.6 Å². The summed E-state index contributed by atoms with van der Waals surface area (Å²) in [6.07, 6.45) is 1.52. The predicted molar refractivity (Wildman–Crippen MR) is 125 cm³/mol. The van der Waals surface area contributed by atoms with E-state index in [1.807, 2.05) is 12.1 Å². The van der Waals surface area contributed by atoms with Crippen molar-refractivity contribution < 1.29 is 0 Å². The molecule has 1 saturated heterocycles. The number of aromatic nitrogens is 3.